The van der Waals surface area contributed by atoms with Gasteiger partial charge in [-0.25, -0.2) is 4.79 Å². The summed E-state index contributed by atoms with van der Waals surface area (Å²) in [4.78, 5) is 37.8. The number of hydrogen-bond acceptors (Lipinski definition) is 5. The van der Waals surface area contributed by atoms with E-state index in [9.17, 15) is 19.5 Å². The number of amides is 2. The van der Waals surface area contributed by atoms with Gasteiger partial charge in [-0.05, 0) is 23.8 Å². The SMILES string of the molecule is O=C(CN1C(=O)C(=CC=Cc2ccccc2)SC1=S)Nc1ccccc1C(=O)O. The maximum absolute atomic E-state index is 12.6. The summed E-state index contributed by atoms with van der Waals surface area (Å²) >= 11 is 6.33. The highest BCUT2D eigenvalue weighted by Crippen LogP contribution is 2.31. The first-order valence-corrected chi connectivity index (χ1v) is 9.77. The maximum atomic E-state index is 12.6. The van der Waals surface area contributed by atoms with Gasteiger partial charge < -0.3 is 10.4 Å². The molecule has 0 radical (unpaired) electrons. The van der Waals surface area contributed by atoms with Crippen LogP contribution in [0.2, 0.25) is 0 Å². The number of rotatable bonds is 6. The van der Waals surface area contributed by atoms with Crippen LogP contribution >= 0.6 is 24.0 Å². The van der Waals surface area contributed by atoms with Crippen molar-refractivity contribution in [2.24, 2.45) is 0 Å². The number of carboxylic acids is 1. The number of carbonyl (C=O) groups is 3. The Bertz CT molecular complexity index is 1030. The Kier molecular flexibility index (Phi) is 6.58. The van der Waals surface area contributed by atoms with Crippen molar-refractivity contribution >= 4 is 57.8 Å². The van der Waals surface area contributed by atoms with E-state index in [2.05, 4.69) is 5.32 Å². The molecule has 6 nitrogen and oxygen atoms in total. The molecule has 146 valence electrons. The zero-order chi connectivity index (χ0) is 20.8. The fourth-order valence-corrected chi connectivity index (χ4v) is 3.78. The highest BCUT2D eigenvalue weighted by atomic mass is 32.2. The molecule has 0 atom stereocenters. The number of carboxylic acid groups (broad SMARTS) is 1. The first-order chi connectivity index (χ1) is 14.0. The minimum Gasteiger partial charge on any atom is -0.478 e. The molecular formula is C21H16N2O4S2. The number of nitrogens with one attached hydrogen (secondary N) is 1. The number of carbonyl (C=O) groups excluding carboxylic acids is 2. The molecule has 1 heterocycles. The lowest BCUT2D eigenvalue weighted by Crippen LogP contribution is -2.36. The van der Waals surface area contributed by atoms with Crippen LogP contribution in [0.5, 0.6) is 0 Å². The second-order valence-corrected chi connectivity index (χ2v) is 7.63. The third-order valence-electron chi connectivity index (χ3n) is 3.94. The van der Waals surface area contributed by atoms with Crippen molar-refractivity contribution in [2.75, 3.05) is 11.9 Å². The second-order valence-electron chi connectivity index (χ2n) is 5.96. The number of para-hydroxylation sites is 1. The van der Waals surface area contributed by atoms with Crippen molar-refractivity contribution in [1.82, 2.24) is 4.90 Å². The van der Waals surface area contributed by atoms with Gasteiger partial charge in [-0.2, -0.15) is 0 Å². The zero-order valence-electron chi connectivity index (χ0n) is 15.1. The molecule has 1 fully saturated rings. The van der Waals surface area contributed by atoms with Crippen molar-refractivity contribution in [2.45, 2.75) is 0 Å². The number of aromatic carboxylic acids is 1. The van der Waals surface area contributed by atoms with Crippen LogP contribution in [-0.2, 0) is 9.59 Å². The Labute approximate surface area is 176 Å². The molecule has 0 saturated carbocycles. The quantitative estimate of drug-likeness (QED) is 0.542. The number of thioether (sulfide) groups is 1. The maximum Gasteiger partial charge on any atom is 0.337 e. The van der Waals surface area contributed by atoms with E-state index in [1.54, 1.807) is 24.3 Å². The second kappa shape index (κ2) is 9.31. The Hall–Kier alpha value is -3.23. The van der Waals surface area contributed by atoms with Crippen molar-refractivity contribution < 1.29 is 19.5 Å². The number of nitrogens with zero attached hydrogens (tertiary/aromatic N) is 1. The number of allylic oxidation sites excluding steroid dienone is 2. The van der Waals surface area contributed by atoms with E-state index in [4.69, 9.17) is 12.2 Å². The van der Waals surface area contributed by atoms with Gasteiger partial charge in [0.25, 0.3) is 5.91 Å². The third-order valence-corrected chi connectivity index (χ3v) is 5.34. The van der Waals surface area contributed by atoms with E-state index in [1.807, 2.05) is 36.4 Å². The van der Waals surface area contributed by atoms with E-state index in [0.717, 1.165) is 17.3 Å². The molecule has 1 saturated heterocycles. The number of hydrogen-bond donors (Lipinski definition) is 2. The lowest BCUT2D eigenvalue weighted by atomic mass is 10.2. The number of thiocarbonyl (C=S) groups is 1. The van der Waals surface area contributed by atoms with Gasteiger partial charge in [0, 0.05) is 0 Å². The molecular weight excluding hydrogens is 408 g/mol. The average molecular weight is 425 g/mol. The largest absolute Gasteiger partial charge is 0.478 e. The van der Waals surface area contributed by atoms with Crippen molar-refractivity contribution in [3.8, 4) is 0 Å². The predicted octanol–water partition coefficient (Wildman–Crippen LogP) is 3.78. The zero-order valence-corrected chi connectivity index (χ0v) is 16.7. The Morgan fingerprint density at radius 3 is 2.52 bits per heavy atom. The molecule has 1 aliphatic heterocycles. The molecule has 0 bridgehead atoms. The summed E-state index contributed by atoms with van der Waals surface area (Å²) in [6.45, 7) is -0.293. The summed E-state index contributed by atoms with van der Waals surface area (Å²) < 4.78 is 0.274. The van der Waals surface area contributed by atoms with Crippen LogP contribution in [0.4, 0.5) is 5.69 Å². The van der Waals surface area contributed by atoms with Crippen LogP contribution in [0.3, 0.4) is 0 Å². The molecule has 2 amide bonds. The normalized spacial score (nSPS) is 15.3. The summed E-state index contributed by atoms with van der Waals surface area (Å²) in [5.74, 6) is -2.05. The van der Waals surface area contributed by atoms with Gasteiger partial charge in [-0.15, -0.1) is 0 Å². The summed E-state index contributed by atoms with van der Waals surface area (Å²) in [6.07, 6.45) is 5.27. The van der Waals surface area contributed by atoms with Gasteiger partial charge in [-0.1, -0.05) is 78.6 Å². The molecule has 0 spiro atoms. The van der Waals surface area contributed by atoms with Crippen LogP contribution in [0, 0.1) is 0 Å². The molecule has 2 aromatic carbocycles. The smallest absolute Gasteiger partial charge is 0.337 e. The summed E-state index contributed by atoms with van der Waals surface area (Å²) in [5, 5.41) is 11.7. The standard InChI is InChI=1S/C21H16N2O4S2/c24-18(22-16-11-5-4-10-15(16)20(26)27)13-23-19(25)17(29-21(23)28)12-6-9-14-7-2-1-3-8-14/h1-12H,13H2,(H,22,24)(H,26,27). The van der Waals surface area contributed by atoms with E-state index in [1.165, 1.54) is 17.0 Å². The minimum atomic E-state index is -1.15. The summed E-state index contributed by atoms with van der Waals surface area (Å²) in [5.41, 5.74) is 1.13. The molecule has 0 aromatic heterocycles. The van der Waals surface area contributed by atoms with Crippen LogP contribution < -0.4 is 5.32 Å². The molecule has 0 unspecified atom stereocenters. The fraction of sp³-hybridized carbons (Fsp3) is 0.0476. The van der Waals surface area contributed by atoms with Crippen molar-refractivity contribution in [1.29, 1.82) is 0 Å². The van der Waals surface area contributed by atoms with E-state index < -0.39 is 11.9 Å². The van der Waals surface area contributed by atoms with E-state index in [0.29, 0.717) is 4.91 Å². The van der Waals surface area contributed by atoms with Crippen LogP contribution in [-0.4, -0.2) is 38.7 Å². The lowest BCUT2D eigenvalue weighted by molar-refractivity contribution is -0.126. The van der Waals surface area contributed by atoms with Crippen LogP contribution in [0.1, 0.15) is 15.9 Å². The molecule has 2 N–H and O–H groups in total. The van der Waals surface area contributed by atoms with Gasteiger partial charge in [0.2, 0.25) is 5.91 Å². The van der Waals surface area contributed by atoms with Gasteiger partial charge in [0.1, 0.15) is 10.9 Å². The summed E-state index contributed by atoms with van der Waals surface area (Å²) in [6, 6.07) is 15.7. The monoisotopic (exact) mass is 424 g/mol. The van der Waals surface area contributed by atoms with Gasteiger partial charge in [0.05, 0.1) is 16.2 Å². The number of anilines is 1. The fourth-order valence-electron chi connectivity index (χ4n) is 2.57. The molecule has 29 heavy (non-hydrogen) atoms. The number of benzene rings is 2. The van der Waals surface area contributed by atoms with Crippen LogP contribution in [0.25, 0.3) is 6.08 Å². The van der Waals surface area contributed by atoms with E-state index >= 15 is 0 Å². The van der Waals surface area contributed by atoms with Crippen molar-refractivity contribution in [3.05, 3.63) is 82.8 Å². The Balaban J connectivity index is 1.66. The Morgan fingerprint density at radius 1 is 1.10 bits per heavy atom. The molecule has 8 heteroatoms. The first kappa shape index (κ1) is 20.5. The van der Waals surface area contributed by atoms with Crippen LogP contribution in [0.15, 0.2) is 71.7 Å². The highest BCUT2D eigenvalue weighted by molar-refractivity contribution is 8.26. The summed E-state index contributed by atoms with van der Waals surface area (Å²) in [7, 11) is 0. The first-order valence-electron chi connectivity index (χ1n) is 8.55. The topological polar surface area (TPSA) is 86.7 Å². The molecule has 1 aliphatic rings. The van der Waals surface area contributed by atoms with E-state index in [-0.39, 0.29) is 28.0 Å². The molecule has 3 rings (SSSR count). The lowest BCUT2D eigenvalue weighted by Gasteiger charge is -2.15. The minimum absolute atomic E-state index is 0.0304. The van der Waals surface area contributed by atoms with Crippen molar-refractivity contribution in [3.63, 3.8) is 0 Å². The van der Waals surface area contributed by atoms with Gasteiger partial charge in [-0.3, -0.25) is 14.5 Å². The van der Waals surface area contributed by atoms with Gasteiger partial charge >= 0.3 is 5.97 Å². The molecule has 0 aliphatic carbocycles. The predicted molar refractivity (Wildman–Crippen MR) is 117 cm³/mol. The third kappa shape index (κ3) is 5.18. The Morgan fingerprint density at radius 2 is 1.79 bits per heavy atom. The highest BCUT2D eigenvalue weighted by Gasteiger charge is 2.33. The molecule has 2 aromatic rings. The average Bonchev–Trinajstić information content (AvgIpc) is 2.96. The van der Waals surface area contributed by atoms with Gasteiger partial charge in [0.15, 0.2) is 0 Å².